The summed E-state index contributed by atoms with van der Waals surface area (Å²) in [7, 11) is 0. The Kier molecular flexibility index (Phi) is 5.12. The standard InChI is InChI=1S/C13H9F7N4OS/c1-6-23-24-10(26-6)22-11(12(15,16)17,13(18,19)20)21-9(25)7-4-2-3-5-8(7)14/h2-5H,1H3,(H,21,25)(H,22,24). The first-order chi connectivity index (χ1) is 11.9. The van der Waals surface area contributed by atoms with Gasteiger partial charge < -0.3 is 10.6 Å². The Labute approximate surface area is 145 Å². The molecular weight excluding hydrogens is 393 g/mol. The Bertz CT molecular complexity index is 788. The van der Waals surface area contributed by atoms with Crippen molar-refractivity contribution in [2.24, 2.45) is 0 Å². The van der Waals surface area contributed by atoms with Crippen LogP contribution >= 0.6 is 11.3 Å². The molecule has 0 saturated heterocycles. The number of hydrogen-bond donors (Lipinski definition) is 2. The average Bonchev–Trinajstić information content (AvgIpc) is 2.89. The Morgan fingerprint density at radius 2 is 1.62 bits per heavy atom. The van der Waals surface area contributed by atoms with Crippen LogP contribution in [0.3, 0.4) is 0 Å². The first-order valence-corrected chi connectivity index (χ1v) is 7.48. The van der Waals surface area contributed by atoms with E-state index in [0.29, 0.717) is 11.3 Å². The van der Waals surface area contributed by atoms with E-state index in [-0.39, 0.29) is 5.01 Å². The molecule has 0 aliphatic heterocycles. The van der Waals surface area contributed by atoms with Crippen LogP contribution in [0.5, 0.6) is 0 Å². The third kappa shape index (κ3) is 3.71. The van der Waals surface area contributed by atoms with Gasteiger partial charge in [0, 0.05) is 0 Å². The number of halogens is 7. The van der Waals surface area contributed by atoms with Crippen LogP contribution in [0.25, 0.3) is 0 Å². The molecule has 0 aliphatic carbocycles. The second kappa shape index (κ2) is 6.70. The van der Waals surface area contributed by atoms with Gasteiger partial charge in [0.25, 0.3) is 5.91 Å². The first-order valence-electron chi connectivity index (χ1n) is 6.66. The van der Waals surface area contributed by atoms with Crippen molar-refractivity contribution >= 4 is 22.4 Å². The van der Waals surface area contributed by atoms with Gasteiger partial charge in [0.1, 0.15) is 10.8 Å². The van der Waals surface area contributed by atoms with Gasteiger partial charge in [0.05, 0.1) is 5.56 Å². The lowest BCUT2D eigenvalue weighted by Crippen LogP contribution is -2.72. The fraction of sp³-hybridized carbons (Fsp3) is 0.308. The number of amides is 1. The molecule has 0 saturated carbocycles. The summed E-state index contributed by atoms with van der Waals surface area (Å²) in [4.78, 5) is 11.9. The molecule has 0 spiro atoms. The summed E-state index contributed by atoms with van der Waals surface area (Å²) in [6.07, 6.45) is -12.1. The number of nitrogens with one attached hydrogen (secondary N) is 2. The van der Waals surface area contributed by atoms with E-state index in [2.05, 4.69) is 10.2 Å². The summed E-state index contributed by atoms with van der Waals surface area (Å²) >= 11 is 0.414. The molecule has 0 fully saturated rings. The maximum absolute atomic E-state index is 13.6. The molecule has 2 aromatic rings. The number of nitrogens with zero attached hydrogens (tertiary/aromatic N) is 2. The van der Waals surface area contributed by atoms with Crippen LogP contribution in [0, 0.1) is 12.7 Å². The van der Waals surface area contributed by atoms with Crippen LogP contribution in [0.4, 0.5) is 35.9 Å². The molecule has 1 heterocycles. The maximum atomic E-state index is 13.6. The van der Waals surface area contributed by atoms with Crippen LogP contribution in [0.2, 0.25) is 0 Å². The molecule has 0 bridgehead atoms. The molecule has 5 nitrogen and oxygen atoms in total. The minimum Gasteiger partial charge on any atom is -0.322 e. The number of carbonyl (C=O) groups is 1. The smallest absolute Gasteiger partial charge is 0.322 e. The van der Waals surface area contributed by atoms with E-state index < -0.39 is 40.4 Å². The van der Waals surface area contributed by atoms with Gasteiger partial charge in [-0.15, -0.1) is 10.2 Å². The largest absolute Gasteiger partial charge is 0.439 e. The predicted molar refractivity (Wildman–Crippen MR) is 77.0 cm³/mol. The van der Waals surface area contributed by atoms with Gasteiger partial charge in [0.2, 0.25) is 5.13 Å². The number of hydrogen-bond acceptors (Lipinski definition) is 5. The number of anilines is 1. The zero-order chi connectivity index (χ0) is 19.8. The third-order valence-electron chi connectivity index (χ3n) is 3.09. The second-order valence-electron chi connectivity index (χ2n) is 4.93. The van der Waals surface area contributed by atoms with Gasteiger partial charge in [-0.2, -0.15) is 26.3 Å². The topological polar surface area (TPSA) is 66.9 Å². The molecule has 26 heavy (non-hydrogen) atoms. The summed E-state index contributed by atoms with van der Waals surface area (Å²) in [6, 6.07) is 3.67. The minimum atomic E-state index is -6.04. The van der Waals surface area contributed by atoms with Gasteiger partial charge in [-0.1, -0.05) is 23.5 Å². The number of rotatable bonds is 4. The van der Waals surface area contributed by atoms with Crippen LogP contribution in [-0.4, -0.2) is 34.1 Å². The zero-order valence-electron chi connectivity index (χ0n) is 12.7. The highest BCUT2D eigenvalue weighted by Crippen LogP contribution is 2.44. The number of carbonyl (C=O) groups excluding carboxylic acids is 1. The molecule has 1 aromatic heterocycles. The van der Waals surface area contributed by atoms with E-state index in [9.17, 15) is 35.5 Å². The molecule has 1 amide bonds. The third-order valence-corrected chi connectivity index (χ3v) is 3.84. The fourth-order valence-electron chi connectivity index (χ4n) is 1.87. The van der Waals surface area contributed by atoms with Gasteiger partial charge in [-0.3, -0.25) is 4.79 Å². The summed E-state index contributed by atoms with van der Waals surface area (Å²) in [5.41, 5.74) is -5.88. The highest BCUT2D eigenvalue weighted by atomic mass is 32.1. The molecular formula is C13H9F7N4OS. The number of benzene rings is 1. The van der Waals surface area contributed by atoms with Crippen molar-refractivity contribution in [2.45, 2.75) is 24.9 Å². The molecule has 0 radical (unpaired) electrons. The van der Waals surface area contributed by atoms with Crippen molar-refractivity contribution in [3.63, 3.8) is 0 Å². The zero-order valence-corrected chi connectivity index (χ0v) is 13.5. The van der Waals surface area contributed by atoms with Crippen LogP contribution in [0.1, 0.15) is 15.4 Å². The lowest BCUT2D eigenvalue weighted by Gasteiger charge is -2.37. The Hall–Kier alpha value is -2.44. The molecule has 1 aromatic carbocycles. The lowest BCUT2D eigenvalue weighted by atomic mass is 10.1. The van der Waals surface area contributed by atoms with Crippen molar-refractivity contribution < 1.29 is 35.5 Å². The van der Waals surface area contributed by atoms with E-state index in [1.807, 2.05) is 0 Å². The summed E-state index contributed by atoms with van der Waals surface area (Å²) in [6.45, 7) is 1.31. The summed E-state index contributed by atoms with van der Waals surface area (Å²) < 4.78 is 94.0. The van der Waals surface area contributed by atoms with Crippen molar-refractivity contribution in [1.82, 2.24) is 15.5 Å². The average molecular weight is 402 g/mol. The molecule has 0 unspecified atom stereocenters. The van der Waals surface area contributed by atoms with Crippen LogP contribution < -0.4 is 10.6 Å². The van der Waals surface area contributed by atoms with Gasteiger partial charge >= 0.3 is 18.0 Å². The van der Waals surface area contributed by atoms with E-state index in [1.54, 1.807) is 0 Å². The first kappa shape index (κ1) is 19.9. The monoisotopic (exact) mass is 402 g/mol. The van der Waals surface area contributed by atoms with E-state index in [1.165, 1.54) is 6.92 Å². The van der Waals surface area contributed by atoms with Gasteiger partial charge in [0.15, 0.2) is 0 Å². The predicted octanol–water partition coefficient (Wildman–Crippen LogP) is 3.65. The highest BCUT2D eigenvalue weighted by Gasteiger charge is 2.73. The molecule has 2 rings (SSSR count). The molecule has 2 N–H and O–H groups in total. The molecule has 0 aliphatic rings. The van der Waals surface area contributed by atoms with E-state index in [4.69, 9.17) is 0 Å². The minimum absolute atomic E-state index is 0.0891. The Morgan fingerprint density at radius 1 is 1.04 bits per heavy atom. The van der Waals surface area contributed by atoms with Crippen LogP contribution in [0.15, 0.2) is 24.3 Å². The molecule has 0 atom stereocenters. The normalized spacial score (nSPS) is 12.8. The van der Waals surface area contributed by atoms with Gasteiger partial charge in [-0.25, -0.2) is 4.39 Å². The summed E-state index contributed by atoms with van der Waals surface area (Å²) in [5.74, 6) is -3.19. The van der Waals surface area contributed by atoms with Crippen molar-refractivity contribution in [3.05, 3.63) is 40.7 Å². The van der Waals surface area contributed by atoms with E-state index in [0.717, 1.165) is 34.9 Å². The lowest BCUT2D eigenvalue weighted by molar-refractivity contribution is -0.294. The molecule has 13 heteroatoms. The SMILES string of the molecule is Cc1nnc(NC(NC(=O)c2ccccc2F)(C(F)(F)F)C(F)(F)F)s1. The van der Waals surface area contributed by atoms with Gasteiger partial charge in [-0.05, 0) is 19.1 Å². The number of alkyl halides is 6. The van der Waals surface area contributed by atoms with E-state index >= 15 is 0 Å². The Morgan fingerprint density at radius 3 is 2.08 bits per heavy atom. The summed E-state index contributed by atoms with van der Waals surface area (Å²) in [5, 5.41) is 7.71. The fourth-order valence-corrected chi connectivity index (χ4v) is 2.51. The van der Waals surface area contributed by atoms with Crippen molar-refractivity contribution in [3.8, 4) is 0 Å². The number of aryl methyl sites for hydroxylation is 1. The molecule has 142 valence electrons. The van der Waals surface area contributed by atoms with Crippen molar-refractivity contribution in [2.75, 3.05) is 5.32 Å². The quantitative estimate of drug-likeness (QED) is 0.605. The van der Waals surface area contributed by atoms with Crippen LogP contribution in [-0.2, 0) is 0 Å². The maximum Gasteiger partial charge on any atom is 0.439 e. The Balaban J connectivity index is 2.52. The number of aromatic nitrogens is 2. The van der Waals surface area contributed by atoms with Crippen molar-refractivity contribution in [1.29, 1.82) is 0 Å². The highest BCUT2D eigenvalue weighted by molar-refractivity contribution is 7.15. The second-order valence-corrected chi connectivity index (χ2v) is 6.11.